The van der Waals surface area contributed by atoms with Gasteiger partial charge in [0.2, 0.25) is 0 Å². The highest BCUT2D eigenvalue weighted by Gasteiger charge is 2.22. The van der Waals surface area contributed by atoms with Crippen LogP contribution in [0, 0.1) is 11.3 Å². The zero-order valence-corrected chi connectivity index (χ0v) is 12.2. The summed E-state index contributed by atoms with van der Waals surface area (Å²) < 4.78 is 5.30. The van der Waals surface area contributed by atoms with Crippen molar-refractivity contribution < 1.29 is 4.74 Å². The highest BCUT2D eigenvalue weighted by atomic mass is 16.5. The second kappa shape index (κ2) is 5.45. The predicted molar refractivity (Wildman–Crippen MR) is 82.5 cm³/mol. The maximum absolute atomic E-state index is 9.30. The van der Waals surface area contributed by atoms with Gasteiger partial charge in [0.15, 0.2) is 0 Å². The predicted octanol–water partition coefficient (Wildman–Crippen LogP) is 3.35. The number of nitrogens with zero attached hydrogens (tertiary/aromatic N) is 2. The van der Waals surface area contributed by atoms with E-state index >= 15 is 0 Å². The summed E-state index contributed by atoms with van der Waals surface area (Å²) in [6, 6.07) is 10.2. The summed E-state index contributed by atoms with van der Waals surface area (Å²) in [5, 5.41) is 12.5. The monoisotopic (exact) mass is 279 g/mol. The number of benzene rings is 1. The van der Waals surface area contributed by atoms with Crippen LogP contribution in [-0.2, 0) is 6.42 Å². The van der Waals surface area contributed by atoms with E-state index in [0.29, 0.717) is 11.4 Å². The third-order valence-corrected chi connectivity index (χ3v) is 3.72. The molecule has 1 heterocycles. The number of ether oxygens (including phenoxy) is 1. The molecule has 2 aromatic rings. The molecule has 0 saturated carbocycles. The van der Waals surface area contributed by atoms with Gasteiger partial charge in [-0.05, 0) is 35.7 Å². The number of nitrogens with one attached hydrogen (secondary N) is 1. The van der Waals surface area contributed by atoms with Crippen LogP contribution in [0.3, 0.4) is 0 Å². The van der Waals surface area contributed by atoms with Crippen LogP contribution in [0.25, 0.3) is 11.3 Å². The normalized spacial score (nSPS) is 11.5. The van der Waals surface area contributed by atoms with E-state index in [2.05, 4.69) is 29.4 Å². The van der Waals surface area contributed by atoms with E-state index in [4.69, 9.17) is 4.74 Å². The Morgan fingerprint density at radius 1 is 1.33 bits per heavy atom. The first-order valence-electron chi connectivity index (χ1n) is 7.12. The molecule has 0 atom stereocenters. The van der Waals surface area contributed by atoms with Gasteiger partial charge in [0.25, 0.3) is 0 Å². The number of rotatable bonds is 4. The summed E-state index contributed by atoms with van der Waals surface area (Å²) >= 11 is 0. The quantitative estimate of drug-likeness (QED) is 0.795. The summed E-state index contributed by atoms with van der Waals surface area (Å²) in [6.07, 6.45) is 1.82. The second-order valence-corrected chi connectivity index (χ2v) is 5.13. The molecule has 21 heavy (non-hydrogen) atoms. The molecule has 0 radical (unpaired) electrons. The van der Waals surface area contributed by atoms with Gasteiger partial charge in [0.05, 0.1) is 18.4 Å². The third kappa shape index (κ3) is 2.31. The first-order chi connectivity index (χ1) is 10.3. The maximum Gasteiger partial charge on any atom is 0.144 e. The molecule has 0 aliphatic heterocycles. The number of anilines is 1. The molecule has 106 valence electrons. The summed E-state index contributed by atoms with van der Waals surface area (Å²) in [7, 11) is 1.66. The standard InChI is InChI=1S/C17H17N3O/c1-3-6-19-17-13(10-18)8-12-7-11-4-5-14(21-2)9-15(11)16(12)20-17/h4-5,8-9H,3,6-7H2,1-2H3,(H,19,20). The van der Waals surface area contributed by atoms with Crippen LogP contribution in [0.1, 0.15) is 30.0 Å². The molecule has 1 aliphatic rings. The lowest BCUT2D eigenvalue weighted by atomic mass is 10.1. The minimum absolute atomic E-state index is 0.613. The fraction of sp³-hybridized carbons (Fsp3) is 0.294. The second-order valence-electron chi connectivity index (χ2n) is 5.13. The van der Waals surface area contributed by atoms with Crippen molar-refractivity contribution in [2.45, 2.75) is 19.8 Å². The molecule has 1 aromatic heterocycles. The maximum atomic E-state index is 9.30. The lowest BCUT2D eigenvalue weighted by Crippen LogP contribution is -2.05. The molecule has 0 amide bonds. The molecule has 1 aromatic carbocycles. The van der Waals surface area contributed by atoms with Gasteiger partial charge in [-0.3, -0.25) is 0 Å². The molecule has 0 saturated heterocycles. The lowest BCUT2D eigenvalue weighted by molar-refractivity contribution is 0.415. The largest absolute Gasteiger partial charge is 0.497 e. The van der Waals surface area contributed by atoms with Gasteiger partial charge in [-0.2, -0.15) is 5.26 Å². The van der Waals surface area contributed by atoms with Gasteiger partial charge in [-0.1, -0.05) is 13.0 Å². The van der Waals surface area contributed by atoms with E-state index in [1.807, 2.05) is 18.2 Å². The van der Waals surface area contributed by atoms with E-state index in [1.54, 1.807) is 7.11 Å². The molecule has 0 bridgehead atoms. The summed E-state index contributed by atoms with van der Waals surface area (Å²) in [6.45, 7) is 2.90. The van der Waals surface area contributed by atoms with Crippen molar-refractivity contribution in [3.8, 4) is 23.1 Å². The highest BCUT2D eigenvalue weighted by molar-refractivity contribution is 5.77. The van der Waals surface area contributed by atoms with E-state index in [0.717, 1.165) is 42.0 Å². The van der Waals surface area contributed by atoms with Gasteiger partial charge >= 0.3 is 0 Å². The van der Waals surface area contributed by atoms with Crippen LogP contribution in [0.15, 0.2) is 24.3 Å². The average molecular weight is 279 g/mol. The van der Waals surface area contributed by atoms with Gasteiger partial charge in [-0.15, -0.1) is 0 Å². The van der Waals surface area contributed by atoms with E-state index in [9.17, 15) is 5.26 Å². The van der Waals surface area contributed by atoms with Crippen LogP contribution in [0.4, 0.5) is 5.82 Å². The molecule has 0 unspecified atom stereocenters. The van der Waals surface area contributed by atoms with Crippen molar-refractivity contribution in [3.05, 3.63) is 41.0 Å². The first kappa shape index (κ1) is 13.4. The molecule has 4 heteroatoms. The fourth-order valence-corrected chi connectivity index (χ4v) is 2.65. The Labute approximate surface area is 124 Å². The Morgan fingerprint density at radius 3 is 2.90 bits per heavy atom. The zero-order valence-electron chi connectivity index (χ0n) is 12.2. The molecule has 3 rings (SSSR count). The summed E-state index contributed by atoms with van der Waals surface area (Å²) in [5.74, 6) is 1.50. The van der Waals surface area contributed by atoms with Gasteiger partial charge in [-0.25, -0.2) is 4.98 Å². The Hall–Kier alpha value is -2.54. The number of hydrogen-bond acceptors (Lipinski definition) is 4. The number of methoxy groups -OCH3 is 1. The topological polar surface area (TPSA) is 57.9 Å². The minimum Gasteiger partial charge on any atom is -0.497 e. The Balaban J connectivity index is 2.09. The van der Waals surface area contributed by atoms with Crippen LogP contribution < -0.4 is 10.1 Å². The molecule has 0 spiro atoms. The fourth-order valence-electron chi connectivity index (χ4n) is 2.65. The van der Waals surface area contributed by atoms with Gasteiger partial charge < -0.3 is 10.1 Å². The van der Waals surface area contributed by atoms with Crippen LogP contribution in [-0.4, -0.2) is 18.6 Å². The van der Waals surface area contributed by atoms with E-state index in [1.165, 1.54) is 5.56 Å². The van der Waals surface area contributed by atoms with Gasteiger partial charge in [0, 0.05) is 18.5 Å². The number of fused-ring (bicyclic) bond motifs is 3. The van der Waals surface area contributed by atoms with E-state index in [-0.39, 0.29) is 0 Å². The third-order valence-electron chi connectivity index (χ3n) is 3.72. The Morgan fingerprint density at radius 2 is 2.19 bits per heavy atom. The summed E-state index contributed by atoms with van der Waals surface area (Å²) in [4.78, 5) is 4.69. The zero-order chi connectivity index (χ0) is 14.8. The smallest absolute Gasteiger partial charge is 0.144 e. The van der Waals surface area contributed by atoms with Crippen molar-refractivity contribution in [3.63, 3.8) is 0 Å². The SMILES string of the molecule is CCCNc1nc2c(cc1C#N)Cc1ccc(OC)cc1-2. The molecular weight excluding hydrogens is 262 g/mol. The molecule has 1 aliphatic carbocycles. The number of aromatic nitrogens is 1. The molecule has 4 nitrogen and oxygen atoms in total. The summed E-state index contributed by atoms with van der Waals surface area (Å²) in [5.41, 5.74) is 5.02. The highest BCUT2D eigenvalue weighted by Crippen LogP contribution is 2.38. The van der Waals surface area contributed by atoms with Gasteiger partial charge in [0.1, 0.15) is 17.6 Å². The van der Waals surface area contributed by atoms with Crippen molar-refractivity contribution in [1.82, 2.24) is 4.98 Å². The van der Waals surface area contributed by atoms with Crippen LogP contribution in [0.2, 0.25) is 0 Å². The van der Waals surface area contributed by atoms with Crippen molar-refractivity contribution in [2.24, 2.45) is 0 Å². The van der Waals surface area contributed by atoms with Crippen LogP contribution >= 0.6 is 0 Å². The number of hydrogen-bond donors (Lipinski definition) is 1. The van der Waals surface area contributed by atoms with Crippen molar-refractivity contribution >= 4 is 5.82 Å². The average Bonchev–Trinajstić information content (AvgIpc) is 2.88. The van der Waals surface area contributed by atoms with Crippen molar-refractivity contribution in [2.75, 3.05) is 19.0 Å². The Bertz CT molecular complexity index is 732. The molecular formula is C17H17N3O. The number of nitriles is 1. The Kier molecular flexibility index (Phi) is 3.49. The van der Waals surface area contributed by atoms with E-state index < -0.39 is 0 Å². The molecule has 1 N–H and O–H groups in total. The molecule has 0 fully saturated rings. The van der Waals surface area contributed by atoms with Crippen molar-refractivity contribution in [1.29, 1.82) is 5.26 Å². The first-order valence-corrected chi connectivity index (χ1v) is 7.12. The number of pyridine rings is 1. The minimum atomic E-state index is 0.613. The lowest BCUT2D eigenvalue weighted by Gasteiger charge is -2.09. The van der Waals surface area contributed by atoms with Crippen LogP contribution in [0.5, 0.6) is 5.75 Å².